The largest absolute Gasteiger partial charge is 0.323 e. The van der Waals surface area contributed by atoms with Gasteiger partial charge in [0.15, 0.2) is 14.9 Å². The van der Waals surface area contributed by atoms with E-state index in [0.717, 1.165) is 12.7 Å². The fraction of sp³-hybridized carbons (Fsp3) is 0.500. The minimum Gasteiger partial charge on any atom is -0.323 e. The van der Waals surface area contributed by atoms with Crippen molar-refractivity contribution in [1.29, 1.82) is 0 Å². The van der Waals surface area contributed by atoms with Crippen molar-refractivity contribution >= 4 is 21.4 Å². The summed E-state index contributed by atoms with van der Waals surface area (Å²) in [5, 5.41) is 2.58. The quantitative estimate of drug-likeness (QED) is 0.833. The molecule has 3 N–H and O–H groups in total. The van der Waals surface area contributed by atoms with E-state index in [1.165, 1.54) is 18.3 Å². The number of pyridine rings is 1. The fourth-order valence-electron chi connectivity index (χ4n) is 1.41. The Morgan fingerprint density at radius 1 is 1.47 bits per heavy atom. The highest BCUT2D eigenvalue weighted by Gasteiger charge is 2.19. The first-order valence-corrected chi connectivity index (χ1v) is 7.87. The van der Waals surface area contributed by atoms with E-state index < -0.39 is 15.9 Å². The van der Waals surface area contributed by atoms with Crippen molar-refractivity contribution in [2.24, 2.45) is 11.7 Å². The zero-order valence-electron chi connectivity index (χ0n) is 11.3. The summed E-state index contributed by atoms with van der Waals surface area (Å²) in [7, 11) is -3.33. The number of amides is 1. The van der Waals surface area contributed by atoms with Gasteiger partial charge in [0.25, 0.3) is 0 Å². The lowest BCUT2D eigenvalue weighted by Gasteiger charge is -2.17. The van der Waals surface area contributed by atoms with E-state index in [9.17, 15) is 13.2 Å². The molecular formula is C12H19N3O3S. The summed E-state index contributed by atoms with van der Waals surface area (Å²) in [6, 6.07) is 2.24. The minimum atomic E-state index is -3.33. The summed E-state index contributed by atoms with van der Waals surface area (Å²) >= 11 is 0. The molecule has 0 saturated carbocycles. The molecule has 0 fully saturated rings. The molecule has 19 heavy (non-hydrogen) atoms. The van der Waals surface area contributed by atoms with Gasteiger partial charge in [-0.1, -0.05) is 20.3 Å². The number of carbonyl (C=O) groups is 1. The first-order chi connectivity index (χ1) is 8.75. The molecular weight excluding hydrogens is 266 g/mol. The van der Waals surface area contributed by atoms with Crippen LogP contribution in [-0.2, 0) is 14.6 Å². The Hall–Kier alpha value is -1.47. The zero-order valence-corrected chi connectivity index (χ0v) is 12.1. The summed E-state index contributed by atoms with van der Waals surface area (Å²) in [6.07, 6.45) is 3.18. The van der Waals surface area contributed by atoms with E-state index in [-0.39, 0.29) is 16.9 Å². The van der Waals surface area contributed by atoms with Crippen LogP contribution in [0.3, 0.4) is 0 Å². The molecule has 0 bridgehead atoms. The highest BCUT2D eigenvalue weighted by Crippen LogP contribution is 2.12. The molecule has 1 rings (SSSR count). The molecule has 7 heteroatoms. The van der Waals surface area contributed by atoms with E-state index >= 15 is 0 Å². The Morgan fingerprint density at radius 2 is 2.11 bits per heavy atom. The van der Waals surface area contributed by atoms with Gasteiger partial charge in [-0.25, -0.2) is 13.4 Å². The van der Waals surface area contributed by atoms with E-state index in [1.807, 2.05) is 13.8 Å². The van der Waals surface area contributed by atoms with Crippen LogP contribution < -0.4 is 11.1 Å². The van der Waals surface area contributed by atoms with Crippen LogP contribution in [0.4, 0.5) is 5.69 Å². The normalized spacial score (nSPS) is 14.7. The van der Waals surface area contributed by atoms with Gasteiger partial charge in [0.1, 0.15) is 0 Å². The molecule has 0 radical (unpaired) electrons. The van der Waals surface area contributed by atoms with Gasteiger partial charge in [-0.3, -0.25) is 4.79 Å². The molecule has 0 aliphatic rings. The molecule has 6 nitrogen and oxygen atoms in total. The first kappa shape index (κ1) is 15.6. The molecule has 1 aromatic heterocycles. The second-order valence-electron chi connectivity index (χ2n) is 4.56. The lowest BCUT2D eigenvalue weighted by atomic mass is 9.99. The Bertz CT molecular complexity index is 540. The lowest BCUT2D eigenvalue weighted by Crippen LogP contribution is -2.40. The molecule has 1 amide bonds. The predicted octanol–water partition coefficient (Wildman–Crippen LogP) is 0.797. The molecule has 2 atom stereocenters. The minimum absolute atomic E-state index is 0.0308. The Labute approximate surface area is 113 Å². The number of hydrogen-bond donors (Lipinski definition) is 2. The number of aromatic nitrogens is 1. The van der Waals surface area contributed by atoms with Crippen LogP contribution in [0.5, 0.6) is 0 Å². The van der Waals surface area contributed by atoms with Gasteiger partial charge in [0.2, 0.25) is 5.91 Å². The molecule has 0 aromatic carbocycles. The molecule has 1 aromatic rings. The van der Waals surface area contributed by atoms with Gasteiger partial charge >= 0.3 is 0 Å². The average Bonchev–Trinajstić information content (AvgIpc) is 2.36. The smallest absolute Gasteiger partial charge is 0.241 e. The van der Waals surface area contributed by atoms with Gasteiger partial charge in [0.05, 0.1) is 17.9 Å². The number of sulfone groups is 1. The molecule has 0 saturated heterocycles. The number of carbonyl (C=O) groups excluding carboxylic acids is 1. The third kappa shape index (κ3) is 4.29. The van der Waals surface area contributed by atoms with Crippen LogP contribution in [0.25, 0.3) is 0 Å². The standard InChI is InChI=1S/C12H19N3O3S/c1-4-8(2)11(13)12(16)15-9-5-6-10(14-7-9)19(3,17)18/h5-8,11H,4,13H2,1-3H3,(H,15,16)/t8?,11-/m0/s1. The second kappa shape index (κ2) is 6.12. The monoisotopic (exact) mass is 285 g/mol. The first-order valence-electron chi connectivity index (χ1n) is 5.98. The summed E-state index contributed by atoms with van der Waals surface area (Å²) in [5.41, 5.74) is 6.22. The SMILES string of the molecule is CCC(C)[C@H](N)C(=O)Nc1ccc(S(C)(=O)=O)nc1. The third-order valence-electron chi connectivity index (χ3n) is 2.94. The number of hydrogen-bond acceptors (Lipinski definition) is 5. The molecule has 0 aliphatic carbocycles. The summed E-state index contributed by atoms with van der Waals surface area (Å²) < 4.78 is 22.5. The Balaban J connectivity index is 2.76. The van der Waals surface area contributed by atoms with Crippen molar-refractivity contribution in [3.05, 3.63) is 18.3 Å². The summed E-state index contributed by atoms with van der Waals surface area (Å²) in [4.78, 5) is 15.6. The molecule has 0 aliphatic heterocycles. The van der Waals surface area contributed by atoms with E-state index in [2.05, 4.69) is 10.3 Å². The van der Waals surface area contributed by atoms with Crippen molar-refractivity contribution in [3.63, 3.8) is 0 Å². The number of rotatable bonds is 5. The van der Waals surface area contributed by atoms with Crippen molar-refractivity contribution in [2.45, 2.75) is 31.3 Å². The maximum Gasteiger partial charge on any atom is 0.241 e. The Morgan fingerprint density at radius 3 is 2.53 bits per heavy atom. The maximum absolute atomic E-state index is 11.8. The van der Waals surface area contributed by atoms with Crippen LogP contribution in [0.2, 0.25) is 0 Å². The van der Waals surface area contributed by atoms with Crippen LogP contribution in [-0.4, -0.2) is 31.6 Å². The van der Waals surface area contributed by atoms with Gasteiger partial charge in [0, 0.05) is 6.26 Å². The molecule has 1 unspecified atom stereocenters. The molecule has 0 spiro atoms. The topological polar surface area (TPSA) is 102 Å². The van der Waals surface area contributed by atoms with Crippen molar-refractivity contribution in [3.8, 4) is 0 Å². The molecule has 1 heterocycles. The Kier molecular flexibility index (Phi) is 5.02. The highest BCUT2D eigenvalue weighted by atomic mass is 32.2. The van der Waals surface area contributed by atoms with Crippen molar-refractivity contribution in [2.75, 3.05) is 11.6 Å². The molecule has 106 valence electrons. The maximum atomic E-state index is 11.8. The number of nitrogens with two attached hydrogens (primary N) is 1. The van der Waals surface area contributed by atoms with Gasteiger partial charge in [-0.05, 0) is 18.1 Å². The number of nitrogens with one attached hydrogen (secondary N) is 1. The van der Waals surface area contributed by atoms with E-state index in [0.29, 0.717) is 5.69 Å². The fourth-order valence-corrected chi connectivity index (χ4v) is 1.97. The second-order valence-corrected chi connectivity index (χ2v) is 6.52. The summed E-state index contributed by atoms with van der Waals surface area (Å²) in [6.45, 7) is 3.86. The van der Waals surface area contributed by atoms with Crippen molar-refractivity contribution < 1.29 is 13.2 Å². The van der Waals surface area contributed by atoms with Crippen LogP contribution in [0, 0.1) is 5.92 Å². The highest BCUT2D eigenvalue weighted by molar-refractivity contribution is 7.90. The van der Waals surface area contributed by atoms with Crippen LogP contribution in [0.1, 0.15) is 20.3 Å². The van der Waals surface area contributed by atoms with Crippen molar-refractivity contribution in [1.82, 2.24) is 4.98 Å². The third-order valence-corrected chi connectivity index (χ3v) is 3.94. The van der Waals surface area contributed by atoms with Gasteiger partial charge < -0.3 is 11.1 Å². The van der Waals surface area contributed by atoms with Crippen LogP contribution >= 0.6 is 0 Å². The number of nitrogens with zero attached hydrogens (tertiary/aromatic N) is 1. The predicted molar refractivity (Wildman–Crippen MR) is 73.4 cm³/mol. The zero-order chi connectivity index (χ0) is 14.6. The van der Waals surface area contributed by atoms with Gasteiger partial charge in [-0.15, -0.1) is 0 Å². The average molecular weight is 285 g/mol. The lowest BCUT2D eigenvalue weighted by molar-refractivity contribution is -0.118. The van der Waals surface area contributed by atoms with E-state index in [1.54, 1.807) is 0 Å². The van der Waals surface area contributed by atoms with Crippen LogP contribution in [0.15, 0.2) is 23.4 Å². The summed E-state index contributed by atoms with van der Waals surface area (Å²) in [5.74, 6) is -0.230. The van der Waals surface area contributed by atoms with E-state index in [4.69, 9.17) is 5.73 Å². The number of anilines is 1. The van der Waals surface area contributed by atoms with Gasteiger partial charge in [-0.2, -0.15) is 0 Å².